The average Bonchev–Trinajstić information content (AvgIpc) is 2.26. The topological polar surface area (TPSA) is 12.0 Å². The van der Waals surface area contributed by atoms with Crippen molar-refractivity contribution in [1.82, 2.24) is 5.32 Å². The van der Waals surface area contributed by atoms with Gasteiger partial charge in [0, 0.05) is 6.04 Å². The fourth-order valence-corrected chi connectivity index (χ4v) is 1.71. The summed E-state index contributed by atoms with van der Waals surface area (Å²) < 4.78 is 0. The van der Waals surface area contributed by atoms with Crippen LogP contribution in [0.4, 0.5) is 0 Å². The SMILES string of the molecule is CCCNC(C)C(C)c1ccc(C)cc1. The second-order valence-electron chi connectivity index (χ2n) is 4.44. The highest BCUT2D eigenvalue weighted by molar-refractivity contribution is 5.25. The van der Waals surface area contributed by atoms with E-state index in [0.717, 1.165) is 6.54 Å². The number of hydrogen-bond acceptors (Lipinski definition) is 1. The molecule has 0 spiro atoms. The van der Waals surface area contributed by atoms with Crippen LogP contribution in [0, 0.1) is 6.92 Å². The maximum Gasteiger partial charge on any atom is 0.0105 e. The number of nitrogens with one attached hydrogen (secondary N) is 1. The van der Waals surface area contributed by atoms with E-state index in [1.165, 1.54) is 17.5 Å². The molecule has 0 saturated carbocycles. The van der Waals surface area contributed by atoms with Gasteiger partial charge >= 0.3 is 0 Å². The predicted octanol–water partition coefficient (Wildman–Crippen LogP) is 3.49. The second kappa shape index (κ2) is 5.92. The predicted molar refractivity (Wildman–Crippen MR) is 67.3 cm³/mol. The van der Waals surface area contributed by atoms with Crippen molar-refractivity contribution in [2.45, 2.75) is 46.1 Å². The molecule has 1 heteroatoms. The van der Waals surface area contributed by atoms with Gasteiger partial charge in [-0.3, -0.25) is 0 Å². The largest absolute Gasteiger partial charge is 0.314 e. The standard InChI is InChI=1S/C14H23N/c1-5-10-15-13(4)12(3)14-8-6-11(2)7-9-14/h6-9,12-13,15H,5,10H2,1-4H3. The minimum Gasteiger partial charge on any atom is -0.314 e. The van der Waals surface area contributed by atoms with E-state index >= 15 is 0 Å². The van der Waals surface area contributed by atoms with Crippen LogP contribution in [0.5, 0.6) is 0 Å². The molecule has 0 radical (unpaired) electrons. The van der Waals surface area contributed by atoms with E-state index in [4.69, 9.17) is 0 Å². The lowest BCUT2D eigenvalue weighted by molar-refractivity contribution is 0.481. The molecular formula is C14H23N. The number of hydrogen-bond donors (Lipinski definition) is 1. The van der Waals surface area contributed by atoms with Crippen LogP contribution >= 0.6 is 0 Å². The van der Waals surface area contributed by atoms with Crippen molar-refractivity contribution in [1.29, 1.82) is 0 Å². The Hall–Kier alpha value is -0.820. The van der Waals surface area contributed by atoms with E-state index in [9.17, 15) is 0 Å². The maximum absolute atomic E-state index is 3.55. The Morgan fingerprint density at radius 2 is 1.73 bits per heavy atom. The Balaban J connectivity index is 2.59. The van der Waals surface area contributed by atoms with Crippen LogP contribution in [0.25, 0.3) is 0 Å². The molecule has 0 aliphatic carbocycles. The van der Waals surface area contributed by atoms with Crippen LogP contribution in [-0.2, 0) is 0 Å². The van der Waals surface area contributed by atoms with Crippen molar-refractivity contribution in [3.05, 3.63) is 35.4 Å². The molecule has 1 aromatic rings. The third-order valence-corrected chi connectivity index (χ3v) is 3.07. The zero-order chi connectivity index (χ0) is 11.3. The summed E-state index contributed by atoms with van der Waals surface area (Å²) >= 11 is 0. The summed E-state index contributed by atoms with van der Waals surface area (Å²) in [4.78, 5) is 0. The first-order valence-electron chi connectivity index (χ1n) is 5.95. The lowest BCUT2D eigenvalue weighted by Gasteiger charge is -2.21. The van der Waals surface area contributed by atoms with E-state index in [0.29, 0.717) is 12.0 Å². The van der Waals surface area contributed by atoms with Gasteiger partial charge in [0.1, 0.15) is 0 Å². The molecule has 2 atom stereocenters. The van der Waals surface area contributed by atoms with Gasteiger partial charge in [0.2, 0.25) is 0 Å². The quantitative estimate of drug-likeness (QED) is 0.776. The number of aryl methyl sites for hydroxylation is 1. The zero-order valence-electron chi connectivity index (χ0n) is 10.4. The van der Waals surface area contributed by atoms with Crippen molar-refractivity contribution in [2.24, 2.45) is 0 Å². The first-order chi connectivity index (χ1) is 7.15. The van der Waals surface area contributed by atoms with Gasteiger partial charge in [-0.2, -0.15) is 0 Å². The smallest absolute Gasteiger partial charge is 0.0105 e. The summed E-state index contributed by atoms with van der Waals surface area (Å²) in [5.41, 5.74) is 2.76. The summed E-state index contributed by atoms with van der Waals surface area (Å²) in [5, 5.41) is 3.55. The van der Waals surface area contributed by atoms with Gasteiger partial charge in [-0.05, 0) is 38.3 Å². The van der Waals surface area contributed by atoms with Crippen molar-refractivity contribution < 1.29 is 0 Å². The molecule has 0 aliphatic rings. The monoisotopic (exact) mass is 205 g/mol. The Labute approximate surface area is 93.9 Å². The first-order valence-corrected chi connectivity index (χ1v) is 5.95. The first kappa shape index (κ1) is 12.3. The molecule has 15 heavy (non-hydrogen) atoms. The molecule has 0 aromatic heterocycles. The Bertz CT molecular complexity index is 276. The van der Waals surface area contributed by atoms with Crippen molar-refractivity contribution in [3.8, 4) is 0 Å². The summed E-state index contributed by atoms with van der Waals surface area (Å²) in [6.45, 7) is 10.00. The van der Waals surface area contributed by atoms with Crippen LogP contribution in [-0.4, -0.2) is 12.6 Å². The van der Waals surface area contributed by atoms with Gasteiger partial charge < -0.3 is 5.32 Å². The minimum absolute atomic E-state index is 0.549. The lowest BCUT2D eigenvalue weighted by atomic mass is 9.94. The molecule has 1 N–H and O–H groups in total. The fourth-order valence-electron chi connectivity index (χ4n) is 1.71. The summed E-state index contributed by atoms with van der Waals surface area (Å²) in [6.07, 6.45) is 1.20. The molecule has 84 valence electrons. The van der Waals surface area contributed by atoms with Crippen molar-refractivity contribution in [2.75, 3.05) is 6.54 Å². The van der Waals surface area contributed by atoms with E-state index in [-0.39, 0.29) is 0 Å². The Morgan fingerprint density at radius 1 is 1.13 bits per heavy atom. The minimum atomic E-state index is 0.549. The van der Waals surface area contributed by atoms with Crippen LogP contribution < -0.4 is 5.32 Å². The van der Waals surface area contributed by atoms with Gasteiger partial charge in [0.05, 0.1) is 0 Å². The Kier molecular flexibility index (Phi) is 4.83. The number of benzene rings is 1. The fraction of sp³-hybridized carbons (Fsp3) is 0.571. The van der Waals surface area contributed by atoms with Crippen molar-refractivity contribution in [3.63, 3.8) is 0 Å². The molecule has 0 saturated heterocycles. The molecule has 0 bridgehead atoms. The van der Waals surface area contributed by atoms with Crippen molar-refractivity contribution >= 4 is 0 Å². The van der Waals surface area contributed by atoms with E-state index in [1.54, 1.807) is 0 Å². The third-order valence-electron chi connectivity index (χ3n) is 3.07. The van der Waals surface area contributed by atoms with Gasteiger partial charge in [-0.1, -0.05) is 43.7 Å². The molecular weight excluding hydrogens is 182 g/mol. The molecule has 1 aromatic carbocycles. The van der Waals surface area contributed by atoms with Crippen LogP contribution in [0.3, 0.4) is 0 Å². The highest BCUT2D eigenvalue weighted by Gasteiger charge is 2.12. The molecule has 1 rings (SSSR count). The molecule has 0 heterocycles. The molecule has 1 nitrogen and oxygen atoms in total. The summed E-state index contributed by atoms with van der Waals surface area (Å²) in [6, 6.07) is 9.41. The molecule has 0 fully saturated rings. The van der Waals surface area contributed by atoms with Crippen LogP contribution in [0.15, 0.2) is 24.3 Å². The van der Waals surface area contributed by atoms with E-state index in [1.807, 2.05) is 0 Å². The Morgan fingerprint density at radius 3 is 2.27 bits per heavy atom. The summed E-state index contributed by atoms with van der Waals surface area (Å²) in [7, 11) is 0. The highest BCUT2D eigenvalue weighted by atomic mass is 14.9. The lowest BCUT2D eigenvalue weighted by Crippen LogP contribution is -2.31. The zero-order valence-corrected chi connectivity index (χ0v) is 10.4. The normalized spacial score (nSPS) is 14.9. The molecule has 0 aliphatic heterocycles. The van der Waals surface area contributed by atoms with Crippen LogP contribution in [0.1, 0.15) is 44.2 Å². The number of rotatable bonds is 5. The molecule has 0 amide bonds. The van der Waals surface area contributed by atoms with Gasteiger partial charge in [0.25, 0.3) is 0 Å². The van der Waals surface area contributed by atoms with E-state index < -0.39 is 0 Å². The van der Waals surface area contributed by atoms with Gasteiger partial charge in [-0.15, -0.1) is 0 Å². The average molecular weight is 205 g/mol. The van der Waals surface area contributed by atoms with Gasteiger partial charge in [0.15, 0.2) is 0 Å². The molecule has 2 unspecified atom stereocenters. The third kappa shape index (κ3) is 3.67. The maximum atomic E-state index is 3.55. The highest BCUT2D eigenvalue weighted by Crippen LogP contribution is 2.19. The second-order valence-corrected chi connectivity index (χ2v) is 4.44. The van der Waals surface area contributed by atoms with Gasteiger partial charge in [-0.25, -0.2) is 0 Å². The van der Waals surface area contributed by atoms with E-state index in [2.05, 4.69) is 57.3 Å². The van der Waals surface area contributed by atoms with Crippen LogP contribution in [0.2, 0.25) is 0 Å². The summed E-state index contributed by atoms with van der Waals surface area (Å²) in [5.74, 6) is 0.581.